The maximum Gasteiger partial charge on any atom is 0.435 e. The highest BCUT2D eigenvalue weighted by molar-refractivity contribution is 6.32. The molecule has 4 nitrogen and oxygen atoms in total. The number of alkyl halides is 3. The van der Waals surface area contributed by atoms with E-state index in [9.17, 15) is 18.0 Å². The summed E-state index contributed by atoms with van der Waals surface area (Å²) in [5.74, 6) is -1.59. The van der Waals surface area contributed by atoms with Crippen molar-refractivity contribution in [2.75, 3.05) is 0 Å². The minimum Gasteiger partial charge on any atom is -0.478 e. The maximum atomic E-state index is 12.0. The molecule has 0 atom stereocenters. The van der Waals surface area contributed by atoms with Gasteiger partial charge in [0, 0.05) is 0 Å². The number of aromatic nitrogens is 2. The van der Waals surface area contributed by atoms with Gasteiger partial charge in [0.15, 0.2) is 10.8 Å². The van der Waals surface area contributed by atoms with Crippen molar-refractivity contribution in [2.45, 2.75) is 6.18 Å². The largest absolute Gasteiger partial charge is 0.478 e. The normalized spacial score (nSPS) is 11.4. The minimum absolute atomic E-state index is 0.331. The highest BCUT2D eigenvalue weighted by atomic mass is 35.5. The average Bonchev–Trinajstić information content (AvgIpc) is 2.02. The number of carboxylic acids is 1. The van der Waals surface area contributed by atoms with Crippen LogP contribution in [0.5, 0.6) is 0 Å². The molecule has 0 radical (unpaired) electrons. The van der Waals surface area contributed by atoms with E-state index in [2.05, 4.69) is 10.2 Å². The van der Waals surface area contributed by atoms with Crippen LogP contribution < -0.4 is 0 Å². The zero-order valence-corrected chi connectivity index (χ0v) is 7.10. The van der Waals surface area contributed by atoms with Crippen LogP contribution in [-0.2, 0) is 6.18 Å². The molecule has 0 aliphatic rings. The maximum absolute atomic E-state index is 12.0. The smallest absolute Gasteiger partial charge is 0.435 e. The van der Waals surface area contributed by atoms with Gasteiger partial charge in [-0.05, 0) is 6.07 Å². The summed E-state index contributed by atoms with van der Waals surface area (Å²) >= 11 is 5.22. The van der Waals surface area contributed by atoms with Gasteiger partial charge in [0.1, 0.15) is 5.56 Å². The summed E-state index contributed by atoms with van der Waals surface area (Å²) in [5.41, 5.74) is -2.12. The van der Waals surface area contributed by atoms with Crippen molar-refractivity contribution in [1.29, 1.82) is 0 Å². The van der Waals surface area contributed by atoms with Gasteiger partial charge in [-0.2, -0.15) is 13.2 Å². The van der Waals surface area contributed by atoms with Crippen LogP contribution in [0.2, 0.25) is 5.15 Å². The molecule has 1 heterocycles. The lowest BCUT2D eigenvalue weighted by molar-refractivity contribution is -0.141. The molecular formula is C6H2ClF3N2O2. The first kappa shape index (κ1) is 10.7. The Morgan fingerprint density at radius 2 is 2.00 bits per heavy atom. The van der Waals surface area contributed by atoms with Gasteiger partial charge in [-0.3, -0.25) is 0 Å². The Bertz CT molecular complexity index is 380. The lowest BCUT2D eigenvalue weighted by Gasteiger charge is -2.05. The quantitative estimate of drug-likeness (QED) is 0.794. The van der Waals surface area contributed by atoms with E-state index in [-0.39, 0.29) is 0 Å². The highest BCUT2D eigenvalue weighted by Gasteiger charge is 2.34. The fraction of sp³-hybridized carbons (Fsp3) is 0.167. The Hall–Kier alpha value is -1.37. The third-order valence-electron chi connectivity index (χ3n) is 1.27. The fourth-order valence-corrected chi connectivity index (χ4v) is 0.838. The standard InChI is InChI=1S/C6H2ClF3N2O2/c7-4-2(5(13)14)1-3(11-12-4)6(8,9)10/h1H,(H,13,14). The molecule has 76 valence electrons. The number of halogens is 4. The minimum atomic E-state index is -4.73. The van der Waals surface area contributed by atoms with E-state index in [0.717, 1.165) is 0 Å². The Kier molecular flexibility index (Phi) is 2.61. The van der Waals surface area contributed by atoms with Crippen LogP contribution in [0.3, 0.4) is 0 Å². The molecule has 0 spiro atoms. The van der Waals surface area contributed by atoms with Gasteiger partial charge in [0.05, 0.1) is 0 Å². The van der Waals surface area contributed by atoms with Crippen molar-refractivity contribution in [3.63, 3.8) is 0 Å². The Labute approximate surface area is 80.3 Å². The molecule has 0 saturated carbocycles. The molecule has 1 N–H and O–H groups in total. The number of hydrogen-bond donors (Lipinski definition) is 1. The molecule has 14 heavy (non-hydrogen) atoms. The molecule has 0 fully saturated rings. The molecule has 1 aromatic heterocycles. The Balaban J connectivity index is 3.27. The second-order valence-electron chi connectivity index (χ2n) is 2.24. The highest BCUT2D eigenvalue weighted by Crippen LogP contribution is 2.28. The van der Waals surface area contributed by atoms with Gasteiger partial charge < -0.3 is 5.11 Å². The molecule has 0 saturated heterocycles. The van der Waals surface area contributed by atoms with Crippen LogP contribution in [-0.4, -0.2) is 21.3 Å². The molecule has 0 amide bonds. The number of carbonyl (C=O) groups is 1. The summed E-state index contributed by atoms with van der Waals surface area (Å²) in [6.07, 6.45) is -4.73. The number of rotatable bonds is 1. The molecule has 0 aliphatic heterocycles. The summed E-state index contributed by atoms with van der Waals surface area (Å²) in [4.78, 5) is 10.4. The molecule has 0 aromatic carbocycles. The summed E-state index contributed by atoms with van der Waals surface area (Å²) in [6.45, 7) is 0. The van der Waals surface area contributed by atoms with E-state index >= 15 is 0 Å². The van der Waals surface area contributed by atoms with E-state index in [1.54, 1.807) is 0 Å². The predicted octanol–water partition coefficient (Wildman–Crippen LogP) is 1.85. The van der Waals surface area contributed by atoms with E-state index in [4.69, 9.17) is 16.7 Å². The number of nitrogens with zero attached hydrogens (tertiary/aromatic N) is 2. The molecule has 1 aromatic rings. The predicted molar refractivity (Wildman–Crippen MR) is 39.0 cm³/mol. The van der Waals surface area contributed by atoms with Crippen molar-refractivity contribution in [3.05, 3.63) is 22.5 Å². The molecule has 0 aliphatic carbocycles. The van der Waals surface area contributed by atoms with Gasteiger partial charge in [0.2, 0.25) is 0 Å². The first-order chi connectivity index (χ1) is 6.32. The van der Waals surface area contributed by atoms with Crippen molar-refractivity contribution in [2.24, 2.45) is 0 Å². The average molecular weight is 227 g/mol. The number of carboxylic acid groups (broad SMARTS) is 1. The van der Waals surface area contributed by atoms with Gasteiger partial charge in [-0.1, -0.05) is 11.6 Å². The van der Waals surface area contributed by atoms with E-state index in [0.29, 0.717) is 6.07 Å². The van der Waals surface area contributed by atoms with Crippen LogP contribution in [0.15, 0.2) is 6.07 Å². The zero-order valence-electron chi connectivity index (χ0n) is 6.34. The Morgan fingerprint density at radius 1 is 1.43 bits per heavy atom. The van der Waals surface area contributed by atoms with Crippen LogP contribution in [0.1, 0.15) is 16.1 Å². The molecule has 0 bridgehead atoms. The summed E-state index contributed by atoms with van der Waals surface area (Å²) < 4.78 is 36.1. The van der Waals surface area contributed by atoms with Crippen LogP contribution in [0.25, 0.3) is 0 Å². The lowest BCUT2D eigenvalue weighted by Crippen LogP contribution is -2.12. The van der Waals surface area contributed by atoms with Crippen LogP contribution >= 0.6 is 11.6 Å². The van der Waals surface area contributed by atoms with Gasteiger partial charge in [-0.25, -0.2) is 4.79 Å². The molecule has 8 heteroatoms. The second-order valence-corrected chi connectivity index (χ2v) is 2.59. The summed E-state index contributed by atoms with van der Waals surface area (Å²) in [5, 5.41) is 13.5. The first-order valence-electron chi connectivity index (χ1n) is 3.16. The SMILES string of the molecule is O=C(O)c1cc(C(F)(F)F)nnc1Cl. The van der Waals surface area contributed by atoms with E-state index in [1.165, 1.54) is 0 Å². The summed E-state index contributed by atoms with van der Waals surface area (Å²) in [6, 6.07) is 0.331. The fourth-order valence-electron chi connectivity index (χ4n) is 0.665. The third-order valence-corrected chi connectivity index (χ3v) is 1.55. The van der Waals surface area contributed by atoms with Crippen molar-refractivity contribution in [1.82, 2.24) is 10.2 Å². The van der Waals surface area contributed by atoms with Gasteiger partial charge in [-0.15, -0.1) is 10.2 Å². The summed E-state index contributed by atoms with van der Waals surface area (Å²) in [7, 11) is 0. The first-order valence-corrected chi connectivity index (χ1v) is 3.54. The number of hydrogen-bond acceptors (Lipinski definition) is 3. The van der Waals surface area contributed by atoms with Crippen LogP contribution in [0, 0.1) is 0 Å². The van der Waals surface area contributed by atoms with Gasteiger partial charge in [0.25, 0.3) is 0 Å². The monoisotopic (exact) mass is 226 g/mol. The van der Waals surface area contributed by atoms with E-state index < -0.39 is 28.6 Å². The van der Waals surface area contributed by atoms with Gasteiger partial charge >= 0.3 is 12.1 Å². The van der Waals surface area contributed by atoms with Crippen molar-refractivity contribution in [3.8, 4) is 0 Å². The third kappa shape index (κ3) is 2.11. The molecular weight excluding hydrogens is 225 g/mol. The molecule has 1 rings (SSSR count). The van der Waals surface area contributed by atoms with Crippen LogP contribution in [0.4, 0.5) is 13.2 Å². The zero-order chi connectivity index (χ0) is 10.9. The lowest BCUT2D eigenvalue weighted by atomic mass is 10.2. The van der Waals surface area contributed by atoms with E-state index in [1.807, 2.05) is 0 Å². The van der Waals surface area contributed by atoms with Crippen molar-refractivity contribution >= 4 is 17.6 Å². The Morgan fingerprint density at radius 3 is 2.43 bits per heavy atom. The van der Waals surface area contributed by atoms with Crippen molar-refractivity contribution < 1.29 is 23.1 Å². The molecule has 0 unspecified atom stereocenters. The topological polar surface area (TPSA) is 63.1 Å². The number of aromatic carboxylic acids is 1. The second kappa shape index (κ2) is 3.41.